The van der Waals surface area contributed by atoms with Crippen LogP contribution in [0.1, 0.15) is 18.1 Å². The fraction of sp³-hybridized carbons (Fsp3) is 0.167. The number of hydrogen-bond donors (Lipinski definition) is 2. The van der Waals surface area contributed by atoms with Crippen LogP contribution in [-0.4, -0.2) is 17.6 Å². The zero-order valence-electron chi connectivity index (χ0n) is 12.2. The standard InChI is InChI=1S/C18H19NO3/c1-2-11-22-16-10-6-9-15(12-16)19-18(21)13-17(20)14-7-4-3-5-8-14/h2-10,12,17,20H,1,11,13H2,(H,19,21). The molecule has 4 heteroatoms. The smallest absolute Gasteiger partial charge is 0.227 e. The van der Waals surface area contributed by atoms with Crippen molar-refractivity contribution in [3.05, 3.63) is 72.8 Å². The summed E-state index contributed by atoms with van der Waals surface area (Å²) in [7, 11) is 0. The van der Waals surface area contributed by atoms with Crippen LogP contribution in [0.3, 0.4) is 0 Å². The summed E-state index contributed by atoms with van der Waals surface area (Å²) in [6, 6.07) is 16.2. The number of aliphatic hydroxyl groups excluding tert-OH is 1. The van der Waals surface area contributed by atoms with Crippen LogP contribution < -0.4 is 10.1 Å². The Morgan fingerprint density at radius 2 is 2.00 bits per heavy atom. The average Bonchev–Trinajstić information content (AvgIpc) is 2.54. The molecule has 2 aromatic carbocycles. The van der Waals surface area contributed by atoms with Gasteiger partial charge in [-0.1, -0.05) is 49.1 Å². The second-order valence-electron chi connectivity index (χ2n) is 4.81. The van der Waals surface area contributed by atoms with E-state index in [0.717, 1.165) is 5.56 Å². The topological polar surface area (TPSA) is 58.6 Å². The molecule has 4 nitrogen and oxygen atoms in total. The number of hydrogen-bond acceptors (Lipinski definition) is 3. The van der Waals surface area contributed by atoms with E-state index in [1.807, 2.05) is 18.2 Å². The number of aliphatic hydroxyl groups is 1. The summed E-state index contributed by atoms with van der Waals surface area (Å²) in [6.45, 7) is 3.99. The maximum atomic E-state index is 12.0. The summed E-state index contributed by atoms with van der Waals surface area (Å²) >= 11 is 0. The summed E-state index contributed by atoms with van der Waals surface area (Å²) in [5, 5.41) is 12.8. The van der Waals surface area contributed by atoms with Gasteiger partial charge < -0.3 is 15.2 Å². The molecule has 1 atom stereocenters. The Labute approximate surface area is 130 Å². The van der Waals surface area contributed by atoms with Gasteiger partial charge in [0, 0.05) is 11.8 Å². The highest BCUT2D eigenvalue weighted by molar-refractivity contribution is 5.91. The fourth-order valence-electron chi connectivity index (χ4n) is 2.00. The first-order valence-corrected chi connectivity index (χ1v) is 7.05. The Morgan fingerprint density at radius 3 is 2.73 bits per heavy atom. The van der Waals surface area contributed by atoms with E-state index in [1.165, 1.54) is 0 Å². The minimum Gasteiger partial charge on any atom is -0.489 e. The van der Waals surface area contributed by atoms with E-state index in [2.05, 4.69) is 11.9 Å². The summed E-state index contributed by atoms with van der Waals surface area (Å²) in [5.41, 5.74) is 1.35. The molecule has 2 aromatic rings. The Balaban J connectivity index is 1.93. The van der Waals surface area contributed by atoms with Gasteiger partial charge in [0.05, 0.1) is 12.5 Å². The van der Waals surface area contributed by atoms with Crippen molar-refractivity contribution in [1.82, 2.24) is 0 Å². The summed E-state index contributed by atoms with van der Waals surface area (Å²) in [5.74, 6) is 0.401. The average molecular weight is 297 g/mol. The molecule has 0 spiro atoms. The molecule has 0 aromatic heterocycles. The molecule has 1 unspecified atom stereocenters. The molecule has 2 rings (SSSR count). The third-order valence-corrected chi connectivity index (χ3v) is 3.05. The third-order valence-electron chi connectivity index (χ3n) is 3.05. The van der Waals surface area contributed by atoms with E-state index >= 15 is 0 Å². The highest BCUT2D eigenvalue weighted by Crippen LogP contribution is 2.20. The minimum absolute atomic E-state index is 0.00174. The van der Waals surface area contributed by atoms with E-state index in [-0.39, 0.29) is 12.3 Å². The second kappa shape index (κ2) is 8.00. The lowest BCUT2D eigenvalue weighted by molar-refractivity contribution is -0.118. The van der Waals surface area contributed by atoms with Crippen LogP contribution in [0.15, 0.2) is 67.3 Å². The predicted molar refractivity (Wildman–Crippen MR) is 86.8 cm³/mol. The molecular weight excluding hydrogens is 278 g/mol. The zero-order chi connectivity index (χ0) is 15.8. The molecule has 0 aliphatic heterocycles. The SMILES string of the molecule is C=CCOc1cccc(NC(=O)CC(O)c2ccccc2)c1. The van der Waals surface area contributed by atoms with Gasteiger partial charge in [0.2, 0.25) is 5.91 Å². The second-order valence-corrected chi connectivity index (χ2v) is 4.81. The first kappa shape index (κ1) is 15.8. The Bertz CT molecular complexity index is 625. The number of amides is 1. The van der Waals surface area contributed by atoms with Gasteiger partial charge in [0.15, 0.2) is 0 Å². The number of rotatable bonds is 7. The van der Waals surface area contributed by atoms with Crippen LogP contribution in [0.4, 0.5) is 5.69 Å². The van der Waals surface area contributed by atoms with Crippen molar-refractivity contribution >= 4 is 11.6 Å². The zero-order valence-corrected chi connectivity index (χ0v) is 12.2. The molecule has 0 bridgehead atoms. The molecule has 0 aliphatic carbocycles. The fourth-order valence-corrected chi connectivity index (χ4v) is 2.00. The van der Waals surface area contributed by atoms with Crippen molar-refractivity contribution in [2.24, 2.45) is 0 Å². The Hall–Kier alpha value is -2.59. The van der Waals surface area contributed by atoms with Gasteiger partial charge >= 0.3 is 0 Å². The van der Waals surface area contributed by atoms with E-state index < -0.39 is 6.10 Å². The summed E-state index contributed by atoms with van der Waals surface area (Å²) in [6.07, 6.45) is 0.838. The van der Waals surface area contributed by atoms with Crippen molar-refractivity contribution in [3.63, 3.8) is 0 Å². The Kier molecular flexibility index (Phi) is 5.74. The lowest BCUT2D eigenvalue weighted by atomic mass is 10.1. The van der Waals surface area contributed by atoms with Crippen LogP contribution in [0.5, 0.6) is 5.75 Å². The molecule has 22 heavy (non-hydrogen) atoms. The number of ether oxygens (including phenoxy) is 1. The molecule has 0 saturated carbocycles. The third kappa shape index (κ3) is 4.75. The van der Waals surface area contributed by atoms with Gasteiger partial charge in [-0.3, -0.25) is 4.79 Å². The van der Waals surface area contributed by atoms with Crippen LogP contribution in [0.25, 0.3) is 0 Å². The maximum Gasteiger partial charge on any atom is 0.227 e. The van der Waals surface area contributed by atoms with Gasteiger partial charge in [-0.25, -0.2) is 0 Å². The molecule has 114 valence electrons. The normalized spacial score (nSPS) is 11.5. The number of anilines is 1. The highest BCUT2D eigenvalue weighted by atomic mass is 16.5. The van der Waals surface area contributed by atoms with Crippen molar-refractivity contribution in [3.8, 4) is 5.75 Å². The lowest BCUT2D eigenvalue weighted by Gasteiger charge is -2.12. The molecule has 0 fully saturated rings. The number of nitrogens with one attached hydrogen (secondary N) is 1. The van der Waals surface area contributed by atoms with Crippen LogP contribution in [0, 0.1) is 0 Å². The number of benzene rings is 2. The van der Waals surface area contributed by atoms with Gasteiger partial charge in [-0.15, -0.1) is 0 Å². The first-order chi connectivity index (χ1) is 10.7. The molecule has 0 aliphatic rings. The van der Waals surface area contributed by atoms with Crippen LogP contribution in [0.2, 0.25) is 0 Å². The first-order valence-electron chi connectivity index (χ1n) is 7.05. The maximum absolute atomic E-state index is 12.0. The summed E-state index contributed by atoms with van der Waals surface area (Å²) < 4.78 is 5.41. The molecule has 0 saturated heterocycles. The van der Waals surface area contributed by atoms with Gasteiger partial charge in [0.1, 0.15) is 12.4 Å². The molecule has 0 radical (unpaired) electrons. The predicted octanol–water partition coefficient (Wildman–Crippen LogP) is 3.31. The quantitative estimate of drug-likeness (QED) is 0.771. The molecule has 0 heterocycles. The minimum atomic E-state index is -0.818. The summed E-state index contributed by atoms with van der Waals surface area (Å²) in [4.78, 5) is 12.0. The molecular formula is C18H19NO3. The van der Waals surface area contributed by atoms with Crippen molar-refractivity contribution in [1.29, 1.82) is 0 Å². The van der Waals surface area contributed by atoms with E-state index in [0.29, 0.717) is 18.0 Å². The Morgan fingerprint density at radius 1 is 1.23 bits per heavy atom. The van der Waals surface area contributed by atoms with Crippen molar-refractivity contribution < 1.29 is 14.6 Å². The largest absolute Gasteiger partial charge is 0.489 e. The van der Waals surface area contributed by atoms with Gasteiger partial charge in [-0.2, -0.15) is 0 Å². The van der Waals surface area contributed by atoms with Crippen molar-refractivity contribution in [2.45, 2.75) is 12.5 Å². The van der Waals surface area contributed by atoms with Crippen molar-refractivity contribution in [2.75, 3.05) is 11.9 Å². The van der Waals surface area contributed by atoms with Crippen LogP contribution in [-0.2, 0) is 4.79 Å². The highest BCUT2D eigenvalue weighted by Gasteiger charge is 2.13. The van der Waals surface area contributed by atoms with E-state index in [4.69, 9.17) is 4.74 Å². The number of carbonyl (C=O) groups excluding carboxylic acids is 1. The van der Waals surface area contributed by atoms with Gasteiger partial charge in [0.25, 0.3) is 0 Å². The molecule has 1 amide bonds. The molecule has 2 N–H and O–H groups in total. The van der Waals surface area contributed by atoms with Gasteiger partial charge in [-0.05, 0) is 17.7 Å². The van der Waals surface area contributed by atoms with E-state index in [9.17, 15) is 9.90 Å². The number of carbonyl (C=O) groups is 1. The van der Waals surface area contributed by atoms with Crippen LogP contribution >= 0.6 is 0 Å². The lowest BCUT2D eigenvalue weighted by Crippen LogP contribution is -2.15. The van der Waals surface area contributed by atoms with E-state index in [1.54, 1.807) is 42.5 Å². The monoisotopic (exact) mass is 297 g/mol.